The topological polar surface area (TPSA) is 57.9 Å². The minimum atomic E-state index is -3.97. The standard InChI is InChI=1S/C12H11F2NO2S/c1-8-4-5-12(8,7-15)18(16,17)9-2-3-10(13)11(14)6-9/h2-3,6,8H,4-5H2,1H3. The number of rotatable bonds is 2. The largest absolute Gasteiger partial charge is 0.222 e. The van der Waals surface area contributed by atoms with Gasteiger partial charge in [-0.2, -0.15) is 5.26 Å². The molecule has 1 saturated carbocycles. The second-order valence-electron chi connectivity index (χ2n) is 4.52. The van der Waals surface area contributed by atoms with E-state index in [1.807, 2.05) is 6.07 Å². The number of sulfone groups is 1. The quantitative estimate of drug-likeness (QED) is 0.776. The predicted molar refractivity (Wildman–Crippen MR) is 60.3 cm³/mol. The maximum Gasteiger partial charge on any atom is 0.197 e. The highest BCUT2D eigenvalue weighted by Gasteiger charge is 2.55. The minimum Gasteiger partial charge on any atom is -0.222 e. The second-order valence-corrected chi connectivity index (χ2v) is 6.73. The molecule has 0 amide bonds. The number of hydrogen-bond acceptors (Lipinski definition) is 3. The summed E-state index contributed by atoms with van der Waals surface area (Å²) in [6.45, 7) is 1.67. The summed E-state index contributed by atoms with van der Waals surface area (Å²) in [6.07, 6.45) is 0.864. The molecule has 0 radical (unpaired) electrons. The summed E-state index contributed by atoms with van der Waals surface area (Å²) in [6, 6.07) is 4.23. The molecular formula is C12H11F2NO2S. The van der Waals surface area contributed by atoms with Crippen molar-refractivity contribution in [3.8, 4) is 6.07 Å². The van der Waals surface area contributed by atoms with E-state index >= 15 is 0 Å². The summed E-state index contributed by atoms with van der Waals surface area (Å²) in [4.78, 5) is -0.338. The van der Waals surface area contributed by atoms with Gasteiger partial charge in [-0.1, -0.05) is 6.92 Å². The smallest absolute Gasteiger partial charge is 0.197 e. The molecule has 2 unspecified atom stereocenters. The maximum absolute atomic E-state index is 13.1. The van der Waals surface area contributed by atoms with Crippen molar-refractivity contribution in [3.05, 3.63) is 29.8 Å². The molecule has 2 rings (SSSR count). The Bertz CT molecular complexity index is 636. The van der Waals surface area contributed by atoms with Crippen molar-refractivity contribution in [2.45, 2.75) is 29.4 Å². The van der Waals surface area contributed by atoms with Crippen molar-refractivity contribution in [2.75, 3.05) is 0 Å². The average molecular weight is 271 g/mol. The first-order chi connectivity index (χ1) is 8.35. The van der Waals surface area contributed by atoms with Gasteiger partial charge in [-0.05, 0) is 37.0 Å². The van der Waals surface area contributed by atoms with Gasteiger partial charge in [0.1, 0.15) is 0 Å². The van der Waals surface area contributed by atoms with E-state index in [0.717, 1.165) is 12.1 Å². The molecule has 1 aromatic rings. The first-order valence-corrected chi connectivity index (χ1v) is 6.94. The Kier molecular flexibility index (Phi) is 2.90. The first-order valence-electron chi connectivity index (χ1n) is 5.46. The average Bonchev–Trinajstić information content (AvgIpc) is 2.31. The summed E-state index contributed by atoms with van der Waals surface area (Å²) in [7, 11) is -3.97. The monoisotopic (exact) mass is 271 g/mol. The Morgan fingerprint density at radius 2 is 2.06 bits per heavy atom. The summed E-state index contributed by atoms with van der Waals surface area (Å²) in [5.74, 6) is -2.64. The van der Waals surface area contributed by atoms with Gasteiger partial charge in [0.25, 0.3) is 0 Å². The number of hydrogen-bond donors (Lipinski definition) is 0. The van der Waals surface area contributed by atoms with Gasteiger partial charge in [-0.3, -0.25) is 0 Å². The predicted octanol–water partition coefficient (Wildman–Crippen LogP) is 2.43. The number of nitrogens with zero attached hydrogens (tertiary/aromatic N) is 1. The molecule has 1 aromatic carbocycles. The fourth-order valence-corrected chi connectivity index (χ4v) is 4.26. The Balaban J connectivity index is 2.56. The zero-order chi connectivity index (χ0) is 13.6. The van der Waals surface area contributed by atoms with E-state index in [0.29, 0.717) is 12.5 Å². The molecular weight excluding hydrogens is 260 g/mol. The van der Waals surface area contributed by atoms with Crippen LogP contribution in [0.4, 0.5) is 8.78 Å². The third-order valence-corrected chi connectivity index (χ3v) is 6.15. The van der Waals surface area contributed by atoms with Gasteiger partial charge < -0.3 is 0 Å². The van der Waals surface area contributed by atoms with Crippen LogP contribution in [0, 0.1) is 28.9 Å². The van der Waals surface area contributed by atoms with Crippen molar-refractivity contribution in [3.63, 3.8) is 0 Å². The van der Waals surface area contributed by atoms with E-state index < -0.39 is 26.2 Å². The van der Waals surface area contributed by atoms with E-state index in [-0.39, 0.29) is 17.2 Å². The summed E-state index contributed by atoms with van der Waals surface area (Å²) >= 11 is 0. The molecule has 0 saturated heterocycles. The zero-order valence-electron chi connectivity index (χ0n) is 9.65. The van der Waals surface area contributed by atoms with Gasteiger partial charge in [0, 0.05) is 0 Å². The van der Waals surface area contributed by atoms with Crippen molar-refractivity contribution in [2.24, 2.45) is 5.92 Å². The lowest BCUT2D eigenvalue weighted by Gasteiger charge is -2.41. The maximum atomic E-state index is 13.1. The van der Waals surface area contributed by atoms with Gasteiger partial charge >= 0.3 is 0 Å². The Labute approximate surface area is 104 Å². The Morgan fingerprint density at radius 1 is 1.39 bits per heavy atom. The third kappa shape index (κ3) is 1.54. The van der Waals surface area contributed by atoms with Gasteiger partial charge in [0.05, 0.1) is 11.0 Å². The highest BCUT2D eigenvalue weighted by atomic mass is 32.2. The lowest BCUT2D eigenvalue weighted by Crippen LogP contribution is -2.51. The molecule has 6 heteroatoms. The van der Waals surface area contributed by atoms with Crippen molar-refractivity contribution in [1.29, 1.82) is 5.26 Å². The number of nitriles is 1. The van der Waals surface area contributed by atoms with Crippen LogP contribution in [-0.4, -0.2) is 13.2 Å². The van der Waals surface area contributed by atoms with Crippen LogP contribution < -0.4 is 0 Å². The second kappa shape index (κ2) is 4.02. The van der Waals surface area contributed by atoms with Gasteiger partial charge in [0.15, 0.2) is 26.2 Å². The molecule has 1 aliphatic rings. The molecule has 0 heterocycles. The minimum absolute atomic E-state index is 0.228. The molecule has 2 atom stereocenters. The molecule has 0 aromatic heterocycles. The fourth-order valence-electron chi connectivity index (χ4n) is 2.17. The fraction of sp³-hybridized carbons (Fsp3) is 0.417. The summed E-state index contributed by atoms with van der Waals surface area (Å²) < 4.78 is 49.1. The summed E-state index contributed by atoms with van der Waals surface area (Å²) in [5.41, 5.74) is 0. The van der Waals surface area contributed by atoms with Crippen LogP contribution in [0.2, 0.25) is 0 Å². The van der Waals surface area contributed by atoms with Gasteiger partial charge in [-0.15, -0.1) is 0 Å². The van der Waals surface area contributed by atoms with Crippen LogP contribution in [0.15, 0.2) is 23.1 Å². The van der Waals surface area contributed by atoms with Crippen LogP contribution in [0.5, 0.6) is 0 Å². The number of benzene rings is 1. The third-order valence-electron chi connectivity index (χ3n) is 3.61. The first kappa shape index (κ1) is 13.0. The molecule has 0 aliphatic heterocycles. The van der Waals surface area contributed by atoms with Crippen molar-refractivity contribution >= 4 is 9.84 Å². The lowest BCUT2D eigenvalue weighted by atomic mass is 9.75. The van der Waals surface area contributed by atoms with E-state index in [4.69, 9.17) is 5.26 Å². The highest BCUT2D eigenvalue weighted by Crippen LogP contribution is 2.47. The SMILES string of the molecule is CC1CCC1(C#N)S(=O)(=O)c1ccc(F)c(F)c1. The zero-order valence-corrected chi connectivity index (χ0v) is 10.5. The highest BCUT2D eigenvalue weighted by molar-refractivity contribution is 7.93. The molecule has 0 bridgehead atoms. The van der Waals surface area contributed by atoms with Crippen LogP contribution in [-0.2, 0) is 9.84 Å². The van der Waals surface area contributed by atoms with E-state index in [2.05, 4.69) is 0 Å². The summed E-state index contributed by atoms with van der Waals surface area (Å²) in [5, 5.41) is 9.13. The van der Waals surface area contributed by atoms with E-state index in [9.17, 15) is 17.2 Å². The van der Waals surface area contributed by atoms with E-state index in [1.165, 1.54) is 0 Å². The molecule has 1 fully saturated rings. The lowest BCUT2D eigenvalue weighted by molar-refractivity contribution is 0.279. The Hall–Kier alpha value is -1.48. The Morgan fingerprint density at radius 3 is 2.44 bits per heavy atom. The molecule has 1 aliphatic carbocycles. The van der Waals surface area contributed by atoms with Crippen LogP contribution >= 0.6 is 0 Å². The molecule has 0 spiro atoms. The van der Waals surface area contributed by atoms with Crippen molar-refractivity contribution in [1.82, 2.24) is 0 Å². The molecule has 96 valence electrons. The normalized spacial score (nSPS) is 27.3. The molecule has 0 N–H and O–H groups in total. The van der Waals surface area contributed by atoms with Crippen LogP contribution in [0.25, 0.3) is 0 Å². The van der Waals surface area contributed by atoms with Crippen molar-refractivity contribution < 1.29 is 17.2 Å². The van der Waals surface area contributed by atoms with Gasteiger partial charge in [-0.25, -0.2) is 17.2 Å². The number of halogens is 2. The van der Waals surface area contributed by atoms with Gasteiger partial charge in [0.2, 0.25) is 0 Å². The van der Waals surface area contributed by atoms with Crippen LogP contribution in [0.1, 0.15) is 19.8 Å². The molecule has 3 nitrogen and oxygen atoms in total. The van der Waals surface area contributed by atoms with Crippen LogP contribution in [0.3, 0.4) is 0 Å². The molecule has 18 heavy (non-hydrogen) atoms. The van der Waals surface area contributed by atoms with E-state index in [1.54, 1.807) is 6.92 Å².